The normalized spacial score (nSPS) is 12.4. The predicted molar refractivity (Wildman–Crippen MR) is 78.4 cm³/mol. The Morgan fingerprint density at radius 2 is 1.78 bits per heavy atom. The van der Waals surface area contributed by atoms with E-state index in [0.29, 0.717) is 0 Å². The Balaban J connectivity index is 2.43. The number of aromatic nitrogens is 2. The zero-order chi connectivity index (χ0) is 12.9. The highest BCUT2D eigenvalue weighted by molar-refractivity contribution is 7.25. The molecule has 92 valence electrons. The lowest BCUT2D eigenvalue weighted by atomic mass is 9.90. The minimum Gasteiger partial charge on any atom is -0.247 e. The summed E-state index contributed by atoms with van der Waals surface area (Å²) in [5, 5.41) is 1.22. The van der Waals surface area contributed by atoms with E-state index in [0.717, 1.165) is 21.7 Å². The van der Waals surface area contributed by atoms with Crippen LogP contribution in [0.2, 0.25) is 0 Å². The van der Waals surface area contributed by atoms with Crippen LogP contribution >= 0.6 is 11.3 Å². The number of hydrogen-bond donors (Lipinski definition) is 0. The van der Waals surface area contributed by atoms with E-state index in [2.05, 4.69) is 52.0 Å². The van der Waals surface area contributed by atoms with Gasteiger partial charge in [-0.25, -0.2) is 9.97 Å². The summed E-state index contributed by atoms with van der Waals surface area (Å²) in [4.78, 5) is 10.7. The van der Waals surface area contributed by atoms with Gasteiger partial charge in [-0.3, -0.25) is 0 Å². The van der Waals surface area contributed by atoms with Crippen LogP contribution in [0.3, 0.4) is 0 Å². The van der Waals surface area contributed by atoms with E-state index in [1.807, 2.05) is 0 Å². The molecule has 0 atom stereocenters. The first kappa shape index (κ1) is 11.6. The van der Waals surface area contributed by atoms with Gasteiger partial charge in [0.2, 0.25) is 0 Å². The molecular weight excluding hydrogens is 240 g/mol. The Bertz CT molecular complexity index is 735. The minimum atomic E-state index is 0.0360. The quantitative estimate of drug-likeness (QED) is 0.594. The number of benzene rings is 1. The molecule has 18 heavy (non-hydrogen) atoms. The highest BCUT2D eigenvalue weighted by atomic mass is 32.1. The van der Waals surface area contributed by atoms with Crippen LogP contribution in [0.1, 0.15) is 32.2 Å². The summed E-state index contributed by atoms with van der Waals surface area (Å²) in [6, 6.07) is 8.39. The summed E-state index contributed by atoms with van der Waals surface area (Å²) in [6.07, 6.45) is 0. The third-order valence-electron chi connectivity index (χ3n) is 3.10. The van der Waals surface area contributed by atoms with Gasteiger partial charge in [0.25, 0.3) is 0 Å². The van der Waals surface area contributed by atoms with Gasteiger partial charge >= 0.3 is 0 Å². The standard InChI is InChI=1S/C15H16N2S/c1-9-13(15(2,3)4)17-12-10-7-5-6-8-11(10)18-14(12)16-9/h5-8H,1-4H3. The van der Waals surface area contributed by atoms with Crippen molar-refractivity contribution < 1.29 is 0 Å². The van der Waals surface area contributed by atoms with Gasteiger partial charge < -0.3 is 0 Å². The molecule has 0 unspecified atom stereocenters. The molecule has 1 aromatic carbocycles. The van der Waals surface area contributed by atoms with Crippen LogP contribution in [0.4, 0.5) is 0 Å². The van der Waals surface area contributed by atoms with E-state index in [1.54, 1.807) is 11.3 Å². The molecule has 0 saturated heterocycles. The smallest absolute Gasteiger partial charge is 0.143 e. The van der Waals surface area contributed by atoms with Crippen LogP contribution in [-0.2, 0) is 5.41 Å². The van der Waals surface area contributed by atoms with Crippen molar-refractivity contribution in [2.45, 2.75) is 33.1 Å². The summed E-state index contributed by atoms with van der Waals surface area (Å²) in [7, 11) is 0. The monoisotopic (exact) mass is 256 g/mol. The summed E-state index contributed by atoms with van der Waals surface area (Å²) < 4.78 is 1.26. The summed E-state index contributed by atoms with van der Waals surface area (Å²) in [6.45, 7) is 8.61. The van der Waals surface area contributed by atoms with E-state index in [1.165, 1.54) is 10.1 Å². The molecular formula is C15H16N2S. The van der Waals surface area contributed by atoms with Crippen molar-refractivity contribution in [3.63, 3.8) is 0 Å². The molecule has 2 heterocycles. The highest BCUT2D eigenvalue weighted by Gasteiger charge is 2.21. The Hall–Kier alpha value is -1.48. The number of rotatable bonds is 0. The maximum Gasteiger partial charge on any atom is 0.143 e. The first-order valence-corrected chi connectivity index (χ1v) is 6.95. The molecule has 0 saturated carbocycles. The average Bonchev–Trinajstić information content (AvgIpc) is 2.63. The van der Waals surface area contributed by atoms with E-state index < -0.39 is 0 Å². The lowest BCUT2D eigenvalue weighted by Crippen LogP contribution is -2.16. The highest BCUT2D eigenvalue weighted by Crippen LogP contribution is 2.33. The van der Waals surface area contributed by atoms with Gasteiger partial charge in [-0.05, 0) is 13.0 Å². The van der Waals surface area contributed by atoms with E-state index in [-0.39, 0.29) is 5.41 Å². The minimum absolute atomic E-state index is 0.0360. The molecule has 0 aliphatic heterocycles. The van der Waals surface area contributed by atoms with Crippen molar-refractivity contribution >= 4 is 31.8 Å². The second kappa shape index (κ2) is 3.75. The lowest BCUT2D eigenvalue weighted by molar-refractivity contribution is 0.563. The van der Waals surface area contributed by atoms with Gasteiger partial charge in [0.15, 0.2) is 0 Å². The van der Waals surface area contributed by atoms with Gasteiger partial charge in [0, 0.05) is 15.5 Å². The molecule has 3 aromatic rings. The molecule has 0 bridgehead atoms. The van der Waals surface area contributed by atoms with Gasteiger partial charge in [-0.1, -0.05) is 39.0 Å². The van der Waals surface area contributed by atoms with Gasteiger partial charge in [0.1, 0.15) is 10.3 Å². The fourth-order valence-electron chi connectivity index (χ4n) is 2.31. The zero-order valence-corrected chi connectivity index (χ0v) is 11.9. The van der Waals surface area contributed by atoms with E-state index >= 15 is 0 Å². The number of aryl methyl sites for hydroxylation is 1. The SMILES string of the molecule is Cc1nc2sc3ccccc3c2nc1C(C)(C)C. The molecule has 3 heteroatoms. The largest absolute Gasteiger partial charge is 0.247 e. The Labute approximate surface area is 111 Å². The van der Waals surface area contributed by atoms with Crippen LogP contribution in [0, 0.1) is 6.92 Å². The van der Waals surface area contributed by atoms with Crippen molar-refractivity contribution in [2.24, 2.45) is 0 Å². The zero-order valence-electron chi connectivity index (χ0n) is 11.1. The Morgan fingerprint density at radius 1 is 1.06 bits per heavy atom. The molecule has 2 nitrogen and oxygen atoms in total. The number of hydrogen-bond acceptors (Lipinski definition) is 3. The topological polar surface area (TPSA) is 25.8 Å². The predicted octanol–water partition coefficient (Wildman–Crippen LogP) is 4.45. The van der Waals surface area contributed by atoms with Gasteiger partial charge in [-0.2, -0.15) is 0 Å². The molecule has 0 aliphatic rings. The first-order valence-electron chi connectivity index (χ1n) is 6.13. The second-order valence-corrected chi connectivity index (χ2v) is 6.69. The van der Waals surface area contributed by atoms with Crippen molar-refractivity contribution in [3.8, 4) is 0 Å². The Kier molecular flexibility index (Phi) is 2.42. The number of thiophene rings is 1. The Morgan fingerprint density at radius 3 is 2.50 bits per heavy atom. The van der Waals surface area contributed by atoms with Crippen molar-refractivity contribution in [3.05, 3.63) is 35.7 Å². The van der Waals surface area contributed by atoms with Crippen LogP contribution < -0.4 is 0 Å². The summed E-state index contributed by atoms with van der Waals surface area (Å²) in [5.74, 6) is 0. The third-order valence-corrected chi connectivity index (χ3v) is 4.15. The van der Waals surface area contributed by atoms with Crippen molar-refractivity contribution in [1.82, 2.24) is 9.97 Å². The fraction of sp³-hybridized carbons (Fsp3) is 0.333. The molecule has 0 amide bonds. The van der Waals surface area contributed by atoms with Crippen LogP contribution in [0.25, 0.3) is 20.4 Å². The maximum absolute atomic E-state index is 4.88. The first-order chi connectivity index (χ1) is 8.47. The van der Waals surface area contributed by atoms with Gasteiger partial charge in [-0.15, -0.1) is 11.3 Å². The second-order valence-electron chi connectivity index (χ2n) is 5.66. The molecule has 2 aromatic heterocycles. The van der Waals surface area contributed by atoms with Crippen LogP contribution in [-0.4, -0.2) is 9.97 Å². The van der Waals surface area contributed by atoms with Crippen molar-refractivity contribution in [2.75, 3.05) is 0 Å². The third kappa shape index (κ3) is 1.70. The van der Waals surface area contributed by atoms with Crippen molar-refractivity contribution in [1.29, 1.82) is 0 Å². The van der Waals surface area contributed by atoms with E-state index in [9.17, 15) is 0 Å². The number of nitrogens with zero attached hydrogens (tertiary/aromatic N) is 2. The molecule has 0 spiro atoms. The lowest BCUT2D eigenvalue weighted by Gasteiger charge is -2.19. The molecule has 3 rings (SSSR count). The van der Waals surface area contributed by atoms with E-state index in [4.69, 9.17) is 9.97 Å². The van der Waals surface area contributed by atoms with Gasteiger partial charge in [0.05, 0.1) is 11.4 Å². The maximum atomic E-state index is 4.88. The summed E-state index contributed by atoms with van der Waals surface area (Å²) in [5.41, 5.74) is 3.22. The molecule has 0 N–H and O–H groups in total. The fourth-order valence-corrected chi connectivity index (χ4v) is 3.38. The van der Waals surface area contributed by atoms with Crippen LogP contribution in [0.5, 0.6) is 0 Å². The molecule has 0 radical (unpaired) electrons. The summed E-state index contributed by atoms with van der Waals surface area (Å²) >= 11 is 1.72. The molecule has 0 fully saturated rings. The average molecular weight is 256 g/mol. The number of fused-ring (bicyclic) bond motifs is 3. The van der Waals surface area contributed by atoms with Crippen LogP contribution in [0.15, 0.2) is 24.3 Å². The molecule has 0 aliphatic carbocycles.